The lowest BCUT2D eigenvalue weighted by Gasteiger charge is -2.11. The Kier molecular flexibility index (Phi) is 7.85. The van der Waals surface area contributed by atoms with Crippen LogP contribution in [0.3, 0.4) is 0 Å². The zero-order valence-corrected chi connectivity index (χ0v) is 13.8. The van der Waals surface area contributed by atoms with Crippen molar-refractivity contribution in [3.63, 3.8) is 0 Å². The third-order valence-corrected chi connectivity index (χ3v) is 2.77. The average molecular weight is 333 g/mol. The molecule has 1 aromatic carbocycles. The van der Waals surface area contributed by atoms with Crippen molar-refractivity contribution in [2.24, 2.45) is 0 Å². The smallest absolute Gasteiger partial charge is 0.348 e. The van der Waals surface area contributed by atoms with Crippen LogP contribution in [0.25, 0.3) is 6.08 Å². The highest BCUT2D eigenvalue weighted by molar-refractivity contribution is 5.97. The molecule has 0 N–H and O–H groups in total. The molecule has 0 heterocycles. The van der Waals surface area contributed by atoms with Crippen LogP contribution in [0.2, 0.25) is 0 Å². The molecule has 1 rings (SSSR count). The van der Waals surface area contributed by atoms with Gasteiger partial charge in [0, 0.05) is 0 Å². The molecule has 1 aromatic rings. The van der Waals surface area contributed by atoms with Crippen molar-refractivity contribution in [1.29, 1.82) is 5.26 Å². The Labute approximate surface area is 140 Å². The average Bonchev–Trinajstić information content (AvgIpc) is 2.58. The van der Waals surface area contributed by atoms with E-state index in [1.807, 2.05) is 0 Å². The Morgan fingerprint density at radius 3 is 2.46 bits per heavy atom. The zero-order valence-electron chi connectivity index (χ0n) is 13.8. The van der Waals surface area contributed by atoms with Gasteiger partial charge in [-0.3, -0.25) is 0 Å². The van der Waals surface area contributed by atoms with Crippen molar-refractivity contribution in [3.8, 4) is 17.6 Å². The number of hydrogen-bond donors (Lipinski definition) is 0. The highest BCUT2D eigenvalue weighted by Gasteiger charge is 2.12. The molecule has 0 aromatic heterocycles. The van der Waals surface area contributed by atoms with E-state index in [4.69, 9.17) is 24.2 Å². The lowest BCUT2D eigenvalue weighted by atomic mass is 10.1. The summed E-state index contributed by atoms with van der Waals surface area (Å²) in [5, 5.41) is 9.03. The molecular weight excluding hydrogens is 314 g/mol. The molecule has 0 atom stereocenters. The maximum atomic E-state index is 11.6. The number of rotatable bonds is 8. The maximum absolute atomic E-state index is 11.6. The molecule has 0 aliphatic rings. The standard InChI is InChI=1S/C17H19NO6/c1-4-22-16(19)11-24-14-7-6-12(9-15(14)21-3)8-13(10-18)17(20)23-5-2/h6-9H,4-5,11H2,1-3H3/b13-8-. The van der Waals surface area contributed by atoms with E-state index in [-0.39, 0.29) is 25.4 Å². The van der Waals surface area contributed by atoms with Gasteiger partial charge in [0.25, 0.3) is 0 Å². The minimum Gasteiger partial charge on any atom is -0.493 e. The number of carbonyl (C=O) groups excluding carboxylic acids is 2. The summed E-state index contributed by atoms with van der Waals surface area (Å²) in [5.41, 5.74) is 0.430. The van der Waals surface area contributed by atoms with E-state index in [1.54, 1.807) is 38.1 Å². The van der Waals surface area contributed by atoms with Gasteiger partial charge in [-0.25, -0.2) is 9.59 Å². The van der Waals surface area contributed by atoms with Crippen LogP contribution in [0.5, 0.6) is 11.5 Å². The maximum Gasteiger partial charge on any atom is 0.348 e. The van der Waals surface area contributed by atoms with E-state index in [2.05, 4.69) is 0 Å². The normalized spacial score (nSPS) is 10.5. The van der Waals surface area contributed by atoms with Gasteiger partial charge < -0.3 is 18.9 Å². The summed E-state index contributed by atoms with van der Waals surface area (Å²) in [7, 11) is 1.44. The van der Waals surface area contributed by atoms with Crippen LogP contribution in [0.1, 0.15) is 19.4 Å². The van der Waals surface area contributed by atoms with Crippen LogP contribution >= 0.6 is 0 Å². The summed E-state index contributed by atoms with van der Waals surface area (Å²) < 4.78 is 20.1. The number of esters is 2. The van der Waals surface area contributed by atoms with Crippen molar-refractivity contribution >= 4 is 18.0 Å². The van der Waals surface area contributed by atoms with Gasteiger partial charge in [-0.05, 0) is 37.6 Å². The van der Waals surface area contributed by atoms with Crippen LogP contribution in [-0.4, -0.2) is 38.9 Å². The summed E-state index contributed by atoms with van der Waals surface area (Å²) in [4.78, 5) is 22.9. The van der Waals surface area contributed by atoms with Crippen molar-refractivity contribution in [3.05, 3.63) is 29.3 Å². The Bertz CT molecular complexity index is 660. The predicted molar refractivity (Wildman–Crippen MR) is 85.3 cm³/mol. The molecule has 7 nitrogen and oxygen atoms in total. The Morgan fingerprint density at radius 1 is 1.17 bits per heavy atom. The van der Waals surface area contributed by atoms with E-state index >= 15 is 0 Å². The molecular formula is C17H19NO6. The number of nitrogens with zero attached hydrogens (tertiary/aromatic N) is 1. The summed E-state index contributed by atoms with van der Waals surface area (Å²) in [5.74, 6) is -0.481. The second-order valence-electron chi connectivity index (χ2n) is 4.39. The monoisotopic (exact) mass is 333 g/mol. The first-order valence-corrected chi connectivity index (χ1v) is 7.31. The van der Waals surface area contributed by atoms with Gasteiger partial charge in [0.1, 0.15) is 11.6 Å². The van der Waals surface area contributed by atoms with Gasteiger partial charge in [0.05, 0.1) is 20.3 Å². The molecule has 7 heteroatoms. The van der Waals surface area contributed by atoms with E-state index in [0.717, 1.165) is 0 Å². The highest BCUT2D eigenvalue weighted by Crippen LogP contribution is 2.29. The Hall–Kier alpha value is -3.01. The lowest BCUT2D eigenvalue weighted by Crippen LogP contribution is -2.14. The van der Waals surface area contributed by atoms with Gasteiger partial charge in [-0.2, -0.15) is 5.26 Å². The van der Waals surface area contributed by atoms with E-state index in [1.165, 1.54) is 13.2 Å². The van der Waals surface area contributed by atoms with Gasteiger partial charge in [0.15, 0.2) is 18.1 Å². The fourth-order valence-electron chi connectivity index (χ4n) is 1.74. The van der Waals surface area contributed by atoms with Crippen LogP contribution in [0.15, 0.2) is 23.8 Å². The Morgan fingerprint density at radius 2 is 1.88 bits per heavy atom. The van der Waals surface area contributed by atoms with Crippen LogP contribution in [-0.2, 0) is 19.1 Å². The third-order valence-electron chi connectivity index (χ3n) is 2.77. The molecule has 0 fully saturated rings. The minimum absolute atomic E-state index is 0.126. The third kappa shape index (κ3) is 5.65. The summed E-state index contributed by atoms with van der Waals surface area (Å²) in [6.07, 6.45) is 1.38. The number of methoxy groups -OCH3 is 1. The van der Waals surface area contributed by atoms with Crippen molar-refractivity contribution in [1.82, 2.24) is 0 Å². The number of benzene rings is 1. The number of hydrogen-bond acceptors (Lipinski definition) is 7. The predicted octanol–water partition coefficient (Wildman–Crippen LogP) is 2.11. The first kappa shape index (κ1) is 19.0. The SMILES string of the molecule is CCOC(=O)COc1ccc(/C=C(/C#N)C(=O)OCC)cc1OC. The lowest BCUT2D eigenvalue weighted by molar-refractivity contribution is -0.145. The fourth-order valence-corrected chi connectivity index (χ4v) is 1.74. The van der Waals surface area contributed by atoms with E-state index in [9.17, 15) is 9.59 Å². The first-order valence-electron chi connectivity index (χ1n) is 7.31. The molecule has 0 aliphatic heterocycles. The first-order chi connectivity index (χ1) is 11.5. The van der Waals surface area contributed by atoms with Gasteiger partial charge in [0.2, 0.25) is 0 Å². The largest absolute Gasteiger partial charge is 0.493 e. The quantitative estimate of drug-likeness (QED) is 0.408. The number of ether oxygens (including phenoxy) is 4. The second kappa shape index (κ2) is 9.90. The molecule has 0 bridgehead atoms. The molecule has 0 unspecified atom stereocenters. The van der Waals surface area contributed by atoms with Crippen molar-refractivity contribution in [2.75, 3.05) is 26.9 Å². The number of carbonyl (C=O) groups is 2. The molecule has 0 aliphatic carbocycles. The topological polar surface area (TPSA) is 94.9 Å². The second-order valence-corrected chi connectivity index (χ2v) is 4.39. The van der Waals surface area contributed by atoms with Gasteiger partial charge in [-0.15, -0.1) is 0 Å². The van der Waals surface area contributed by atoms with E-state index < -0.39 is 11.9 Å². The molecule has 0 saturated heterocycles. The molecule has 128 valence electrons. The molecule has 0 spiro atoms. The highest BCUT2D eigenvalue weighted by atomic mass is 16.6. The minimum atomic E-state index is -0.693. The zero-order chi connectivity index (χ0) is 17.9. The fraction of sp³-hybridized carbons (Fsp3) is 0.353. The van der Waals surface area contributed by atoms with Crippen molar-refractivity contribution in [2.45, 2.75) is 13.8 Å². The van der Waals surface area contributed by atoms with Crippen molar-refractivity contribution < 1.29 is 28.5 Å². The molecule has 0 radical (unpaired) electrons. The molecule has 0 saturated carbocycles. The summed E-state index contributed by atoms with van der Waals surface area (Å²) in [6.45, 7) is 3.57. The summed E-state index contributed by atoms with van der Waals surface area (Å²) in [6, 6.07) is 6.57. The van der Waals surface area contributed by atoms with Crippen LogP contribution < -0.4 is 9.47 Å². The van der Waals surface area contributed by atoms with Crippen LogP contribution in [0, 0.1) is 11.3 Å². The Balaban J connectivity index is 2.95. The van der Waals surface area contributed by atoms with Gasteiger partial charge >= 0.3 is 11.9 Å². The van der Waals surface area contributed by atoms with E-state index in [0.29, 0.717) is 17.1 Å². The van der Waals surface area contributed by atoms with Gasteiger partial charge in [-0.1, -0.05) is 6.07 Å². The number of nitriles is 1. The summed E-state index contributed by atoms with van der Waals surface area (Å²) >= 11 is 0. The van der Waals surface area contributed by atoms with Crippen LogP contribution in [0.4, 0.5) is 0 Å². The molecule has 0 amide bonds. The molecule has 24 heavy (non-hydrogen) atoms.